The maximum absolute atomic E-state index is 12.4. The molecule has 2 unspecified atom stereocenters. The Kier molecular flexibility index (Phi) is 4.15. The van der Waals surface area contributed by atoms with E-state index in [9.17, 15) is 4.79 Å². The number of hydrogen-bond acceptors (Lipinski definition) is 5. The number of hydrogen-bond donors (Lipinski definition) is 0. The molecule has 3 rings (SSSR count). The van der Waals surface area contributed by atoms with Crippen molar-refractivity contribution in [3.63, 3.8) is 0 Å². The Balaban J connectivity index is 1.64. The van der Waals surface area contributed by atoms with Gasteiger partial charge in [-0.05, 0) is 42.0 Å². The highest BCUT2D eigenvalue weighted by molar-refractivity contribution is 5.79. The quantitative estimate of drug-likeness (QED) is 0.840. The average Bonchev–Trinajstić information content (AvgIpc) is 3.01. The second-order valence-corrected chi connectivity index (χ2v) is 5.65. The van der Waals surface area contributed by atoms with Crippen LogP contribution in [0.25, 0.3) is 5.69 Å². The molecule has 0 bridgehead atoms. The van der Waals surface area contributed by atoms with Gasteiger partial charge in [0.2, 0.25) is 5.91 Å². The van der Waals surface area contributed by atoms with Gasteiger partial charge in [-0.1, -0.05) is 12.1 Å². The number of aromatic nitrogens is 4. The van der Waals surface area contributed by atoms with Gasteiger partial charge in [-0.15, -0.1) is 5.10 Å². The van der Waals surface area contributed by atoms with E-state index in [-0.39, 0.29) is 18.1 Å². The highest BCUT2D eigenvalue weighted by atomic mass is 16.5. The Bertz CT molecular complexity index is 616. The van der Waals surface area contributed by atoms with Crippen LogP contribution in [0.3, 0.4) is 0 Å². The van der Waals surface area contributed by atoms with Crippen molar-refractivity contribution >= 4 is 5.91 Å². The van der Waals surface area contributed by atoms with Gasteiger partial charge >= 0.3 is 0 Å². The number of benzene rings is 1. The molecule has 7 nitrogen and oxygen atoms in total. The molecule has 0 radical (unpaired) electrons. The second-order valence-electron chi connectivity index (χ2n) is 5.65. The van der Waals surface area contributed by atoms with Gasteiger partial charge in [0.15, 0.2) is 0 Å². The summed E-state index contributed by atoms with van der Waals surface area (Å²) in [6.07, 6.45) is 2.12. The van der Waals surface area contributed by atoms with Crippen LogP contribution >= 0.6 is 0 Å². The molecule has 7 heteroatoms. The van der Waals surface area contributed by atoms with Crippen molar-refractivity contribution in [2.24, 2.45) is 0 Å². The normalized spacial score (nSPS) is 21.8. The van der Waals surface area contributed by atoms with E-state index in [0.29, 0.717) is 19.5 Å². The first-order valence-electron chi connectivity index (χ1n) is 7.37. The Labute approximate surface area is 128 Å². The summed E-state index contributed by atoms with van der Waals surface area (Å²) in [7, 11) is 0. The Morgan fingerprint density at radius 2 is 1.91 bits per heavy atom. The molecule has 2 atom stereocenters. The van der Waals surface area contributed by atoms with Crippen molar-refractivity contribution in [2.45, 2.75) is 32.5 Å². The van der Waals surface area contributed by atoms with Gasteiger partial charge in [0.05, 0.1) is 24.3 Å². The Morgan fingerprint density at radius 3 is 2.50 bits per heavy atom. The van der Waals surface area contributed by atoms with Crippen molar-refractivity contribution in [1.29, 1.82) is 0 Å². The lowest BCUT2D eigenvalue weighted by atomic mass is 10.1. The molecular weight excluding hydrogens is 282 g/mol. The lowest BCUT2D eigenvalue weighted by Gasteiger charge is -2.35. The predicted molar refractivity (Wildman–Crippen MR) is 79.4 cm³/mol. The molecule has 0 spiro atoms. The first-order chi connectivity index (χ1) is 10.6. The fourth-order valence-electron chi connectivity index (χ4n) is 2.71. The molecule has 0 aliphatic carbocycles. The van der Waals surface area contributed by atoms with Gasteiger partial charge in [-0.2, -0.15) is 0 Å². The SMILES string of the molecule is CC1CN(C(=O)Cc2ccc(-n3cnnn3)cc2)CC(C)O1. The Hall–Kier alpha value is -2.28. The standard InChI is InChI=1S/C15H19N5O2/c1-11-8-19(9-12(2)22-11)15(21)7-13-3-5-14(6-4-13)20-10-16-17-18-20/h3-6,10-12H,7-9H2,1-2H3. The number of amides is 1. The zero-order valence-electron chi connectivity index (χ0n) is 12.7. The van der Waals surface area contributed by atoms with Gasteiger partial charge in [-0.25, -0.2) is 4.68 Å². The summed E-state index contributed by atoms with van der Waals surface area (Å²) < 4.78 is 7.24. The van der Waals surface area contributed by atoms with Gasteiger partial charge in [0.1, 0.15) is 6.33 Å². The topological polar surface area (TPSA) is 73.1 Å². The summed E-state index contributed by atoms with van der Waals surface area (Å²) in [5.41, 5.74) is 1.85. The number of nitrogens with zero attached hydrogens (tertiary/aromatic N) is 5. The van der Waals surface area contributed by atoms with Crippen LogP contribution in [-0.2, 0) is 16.0 Å². The van der Waals surface area contributed by atoms with Crippen molar-refractivity contribution in [1.82, 2.24) is 25.1 Å². The highest BCUT2D eigenvalue weighted by Gasteiger charge is 2.25. The smallest absolute Gasteiger partial charge is 0.227 e. The van der Waals surface area contributed by atoms with Crippen molar-refractivity contribution in [3.8, 4) is 5.69 Å². The van der Waals surface area contributed by atoms with Crippen molar-refractivity contribution < 1.29 is 9.53 Å². The molecule has 1 fully saturated rings. The first kappa shape index (κ1) is 14.6. The van der Waals surface area contributed by atoms with E-state index in [1.165, 1.54) is 6.33 Å². The number of carbonyl (C=O) groups excluding carboxylic acids is 1. The van der Waals surface area contributed by atoms with Crippen LogP contribution in [0.1, 0.15) is 19.4 Å². The van der Waals surface area contributed by atoms with Gasteiger partial charge in [0.25, 0.3) is 0 Å². The van der Waals surface area contributed by atoms with Gasteiger partial charge in [-0.3, -0.25) is 4.79 Å². The maximum Gasteiger partial charge on any atom is 0.227 e. The summed E-state index contributed by atoms with van der Waals surface area (Å²) in [4.78, 5) is 14.3. The molecule has 1 aromatic heterocycles. The van der Waals surface area contributed by atoms with E-state index in [0.717, 1.165) is 11.3 Å². The van der Waals surface area contributed by atoms with E-state index in [2.05, 4.69) is 15.5 Å². The lowest BCUT2D eigenvalue weighted by Crippen LogP contribution is -2.48. The van der Waals surface area contributed by atoms with E-state index in [1.54, 1.807) is 4.68 Å². The molecule has 1 aliphatic heterocycles. The number of morpholine rings is 1. The fraction of sp³-hybridized carbons (Fsp3) is 0.467. The van der Waals surface area contributed by atoms with Gasteiger partial charge in [0, 0.05) is 13.1 Å². The van der Waals surface area contributed by atoms with E-state index in [1.807, 2.05) is 43.0 Å². The molecule has 1 saturated heterocycles. The summed E-state index contributed by atoms with van der Waals surface area (Å²) in [6, 6.07) is 7.68. The molecule has 2 heterocycles. The van der Waals surface area contributed by atoms with E-state index in [4.69, 9.17) is 4.74 Å². The summed E-state index contributed by atoms with van der Waals surface area (Å²) >= 11 is 0. The fourth-order valence-corrected chi connectivity index (χ4v) is 2.71. The minimum Gasteiger partial charge on any atom is -0.372 e. The third kappa shape index (κ3) is 3.30. The second kappa shape index (κ2) is 6.23. The van der Waals surface area contributed by atoms with Crippen LogP contribution in [0.4, 0.5) is 0 Å². The third-order valence-corrected chi connectivity index (χ3v) is 3.68. The molecule has 22 heavy (non-hydrogen) atoms. The zero-order chi connectivity index (χ0) is 15.5. The van der Waals surface area contributed by atoms with Crippen LogP contribution in [0.5, 0.6) is 0 Å². The maximum atomic E-state index is 12.4. The third-order valence-electron chi connectivity index (χ3n) is 3.68. The molecule has 2 aromatic rings. The van der Waals surface area contributed by atoms with Crippen molar-refractivity contribution in [2.75, 3.05) is 13.1 Å². The molecule has 1 aliphatic rings. The minimum absolute atomic E-state index is 0.0925. The molecule has 1 aromatic carbocycles. The largest absolute Gasteiger partial charge is 0.372 e. The summed E-state index contributed by atoms with van der Waals surface area (Å²) in [6.45, 7) is 5.31. The van der Waals surface area contributed by atoms with E-state index < -0.39 is 0 Å². The lowest BCUT2D eigenvalue weighted by molar-refractivity contribution is -0.142. The van der Waals surface area contributed by atoms with Crippen molar-refractivity contribution in [3.05, 3.63) is 36.2 Å². The van der Waals surface area contributed by atoms with Crippen LogP contribution in [0.15, 0.2) is 30.6 Å². The summed E-state index contributed by atoms with van der Waals surface area (Å²) in [5.74, 6) is 0.136. The number of rotatable bonds is 3. The van der Waals surface area contributed by atoms with Gasteiger partial charge < -0.3 is 9.64 Å². The van der Waals surface area contributed by atoms with Crippen LogP contribution < -0.4 is 0 Å². The van der Waals surface area contributed by atoms with Crippen LogP contribution in [0, 0.1) is 0 Å². The van der Waals surface area contributed by atoms with E-state index >= 15 is 0 Å². The first-order valence-corrected chi connectivity index (χ1v) is 7.37. The van der Waals surface area contributed by atoms with Crippen LogP contribution in [-0.4, -0.2) is 56.3 Å². The molecule has 0 N–H and O–H groups in total. The average molecular weight is 301 g/mol. The molecule has 116 valence electrons. The summed E-state index contributed by atoms with van der Waals surface area (Å²) in [5, 5.41) is 11.0. The number of ether oxygens (including phenoxy) is 1. The zero-order valence-corrected chi connectivity index (χ0v) is 12.7. The molecular formula is C15H19N5O2. The minimum atomic E-state index is 0.0925. The number of tetrazole rings is 1. The highest BCUT2D eigenvalue weighted by Crippen LogP contribution is 2.14. The van der Waals surface area contributed by atoms with Crippen LogP contribution in [0.2, 0.25) is 0 Å². The predicted octanol–water partition coefficient (Wildman–Crippen LogP) is 0.841. The molecule has 0 saturated carbocycles. The number of carbonyl (C=O) groups is 1. The Morgan fingerprint density at radius 1 is 1.23 bits per heavy atom. The monoisotopic (exact) mass is 301 g/mol. The molecule has 1 amide bonds.